The third-order valence-electron chi connectivity index (χ3n) is 3.65. The zero-order valence-corrected chi connectivity index (χ0v) is 10.3. The van der Waals surface area contributed by atoms with E-state index in [2.05, 4.69) is 19.2 Å². The molecule has 2 N–H and O–H groups in total. The van der Waals surface area contributed by atoms with E-state index < -0.39 is 0 Å². The molecule has 1 saturated carbocycles. The first-order chi connectivity index (χ1) is 7.26. The lowest BCUT2D eigenvalue weighted by Crippen LogP contribution is -2.37. The maximum atomic E-state index is 8.92. The van der Waals surface area contributed by atoms with Gasteiger partial charge in [-0.25, -0.2) is 0 Å². The minimum atomic E-state index is 0.307. The molecular weight excluding hydrogens is 186 g/mol. The van der Waals surface area contributed by atoms with Gasteiger partial charge in [0.15, 0.2) is 0 Å². The molecule has 0 aliphatic heterocycles. The summed E-state index contributed by atoms with van der Waals surface area (Å²) < 4.78 is 0. The predicted molar refractivity (Wildman–Crippen MR) is 65.0 cm³/mol. The van der Waals surface area contributed by atoms with E-state index in [-0.39, 0.29) is 0 Å². The van der Waals surface area contributed by atoms with Crippen LogP contribution in [0.3, 0.4) is 0 Å². The Morgan fingerprint density at radius 3 is 2.53 bits per heavy atom. The Kier molecular flexibility index (Phi) is 6.26. The first-order valence-corrected chi connectivity index (χ1v) is 6.63. The van der Waals surface area contributed by atoms with Crippen molar-refractivity contribution in [2.24, 2.45) is 5.92 Å². The fourth-order valence-electron chi connectivity index (χ4n) is 2.78. The van der Waals surface area contributed by atoms with E-state index >= 15 is 0 Å². The van der Waals surface area contributed by atoms with Crippen LogP contribution in [-0.2, 0) is 0 Å². The van der Waals surface area contributed by atoms with E-state index in [1.807, 2.05) is 0 Å². The predicted octanol–water partition coefficient (Wildman–Crippen LogP) is 2.71. The van der Waals surface area contributed by atoms with Crippen LogP contribution in [0.4, 0.5) is 0 Å². The van der Waals surface area contributed by atoms with Crippen LogP contribution in [-0.4, -0.2) is 23.8 Å². The molecule has 1 aliphatic rings. The average molecular weight is 213 g/mol. The summed E-state index contributed by atoms with van der Waals surface area (Å²) in [7, 11) is 0. The van der Waals surface area contributed by atoms with Crippen LogP contribution in [0, 0.1) is 5.92 Å². The second kappa shape index (κ2) is 7.24. The van der Waals surface area contributed by atoms with Crippen molar-refractivity contribution < 1.29 is 5.11 Å². The summed E-state index contributed by atoms with van der Waals surface area (Å²) in [5.74, 6) is 0.958. The van der Waals surface area contributed by atoms with E-state index in [0.29, 0.717) is 18.7 Å². The highest BCUT2D eigenvalue weighted by Gasteiger charge is 2.18. The molecule has 0 heterocycles. The van der Waals surface area contributed by atoms with Gasteiger partial charge in [-0.05, 0) is 32.1 Å². The summed E-state index contributed by atoms with van der Waals surface area (Å²) in [5, 5.41) is 12.6. The minimum absolute atomic E-state index is 0.307. The normalized spacial score (nSPS) is 21.8. The van der Waals surface area contributed by atoms with Crippen molar-refractivity contribution in [1.29, 1.82) is 0 Å². The Labute approximate surface area is 94.5 Å². The molecule has 2 atom stereocenters. The average Bonchev–Trinajstić information content (AvgIpc) is 2.69. The molecule has 0 aromatic heterocycles. The van der Waals surface area contributed by atoms with E-state index in [9.17, 15) is 0 Å². The monoisotopic (exact) mass is 213 g/mol. The lowest BCUT2D eigenvalue weighted by Gasteiger charge is -2.23. The second-order valence-electron chi connectivity index (χ2n) is 5.07. The smallest absolute Gasteiger partial charge is 0.0445 e. The number of hydrogen-bond acceptors (Lipinski definition) is 2. The lowest BCUT2D eigenvalue weighted by atomic mass is 9.98. The summed E-state index contributed by atoms with van der Waals surface area (Å²) >= 11 is 0. The SMILES string of the molecule is CCC(CCO)NC(C)CC1CCCC1. The van der Waals surface area contributed by atoms with Crippen LogP contribution < -0.4 is 5.32 Å². The van der Waals surface area contributed by atoms with Gasteiger partial charge in [-0.2, -0.15) is 0 Å². The van der Waals surface area contributed by atoms with Crippen molar-refractivity contribution in [3.8, 4) is 0 Å². The molecule has 0 amide bonds. The van der Waals surface area contributed by atoms with Gasteiger partial charge < -0.3 is 10.4 Å². The standard InChI is InChI=1S/C13H27NO/c1-3-13(8-9-15)14-11(2)10-12-6-4-5-7-12/h11-15H,3-10H2,1-2H3. The molecule has 2 nitrogen and oxygen atoms in total. The molecule has 0 aromatic rings. The van der Waals surface area contributed by atoms with E-state index in [0.717, 1.165) is 18.8 Å². The molecular formula is C13H27NO. The number of hydrogen-bond donors (Lipinski definition) is 2. The number of aliphatic hydroxyl groups is 1. The first kappa shape index (κ1) is 13.0. The van der Waals surface area contributed by atoms with Crippen molar-refractivity contribution in [2.45, 2.75) is 70.9 Å². The number of nitrogens with one attached hydrogen (secondary N) is 1. The van der Waals surface area contributed by atoms with Crippen molar-refractivity contribution in [3.63, 3.8) is 0 Å². The molecule has 2 unspecified atom stereocenters. The summed E-state index contributed by atoms with van der Waals surface area (Å²) in [6.45, 7) is 4.79. The van der Waals surface area contributed by atoms with E-state index in [1.54, 1.807) is 0 Å². The Hall–Kier alpha value is -0.0800. The van der Waals surface area contributed by atoms with Crippen LogP contribution in [0.1, 0.15) is 58.8 Å². The van der Waals surface area contributed by atoms with Gasteiger partial charge in [0.05, 0.1) is 0 Å². The van der Waals surface area contributed by atoms with Gasteiger partial charge in [0.2, 0.25) is 0 Å². The highest BCUT2D eigenvalue weighted by atomic mass is 16.3. The molecule has 0 spiro atoms. The highest BCUT2D eigenvalue weighted by Crippen LogP contribution is 2.28. The molecule has 1 aliphatic carbocycles. The van der Waals surface area contributed by atoms with Crippen LogP contribution in [0.25, 0.3) is 0 Å². The fourth-order valence-corrected chi connectivity index (χ4v) is 2.78. The van der Waals surface area contributed by atoms with Crippen LogP contribution in [0.2, 0.25) is 0 Å². The maximum absolute atomic E-state index is 8.92. The van der Waals surface area contributed by atoms with Crippen LogP contribution >= 0.6 is 0 Å². The van der Waals surface area contributed by atoms with Gasteiger partial charge in [-0.15, -0.1) is 0 Å². The van der Waals surface area contributed by atoms with E-state index in [4.69, 9.17) is 5.11 Å². The van der Waals surface area contributed by atoms with Gasteiger partial charge in [-0.3, -0.25) is 0 Å². The van der Waals surface area contributed by atoms with Crippen molar-refractivity contribution >= 4 is 0 Å². The molecule has 0 radical (unpaired) electrons. The maximum Gasteiger partial charge on any atom is 0.0445 e. The van der Waals surface area contributed by atoms with Crippen molar-refractivity contribution in [1.82, 2.24) is 5.32 Å². The van der Waals surface area contributed by atoms with Gasteiger partial charge in [0.25, 0.3) is 0 Å². The second-order valence-corrected chi connectivity index (χ2v) is 5.07. The fraction of sp³-hybridized carbons (Fsp3) is 1.00. The van der Waals surface area contributed by atoms with Crippen molar-refractivity contribution in [2.75, 3.05) is 6.61 Å². The molecule has 1 rings (SSSR count). The third-order valence-corrected chi connectivity index (χ3v) is 3.65. The van der Waals surface area contributed by atoms with Crippen LogP contribution in [0.15, 0.2) is 0 Å². The topological polar surface area (TPSA) is 32.3 Å². The van der Waals surface area contributed by atoms with Gasteiger partial charge in [0, 0.05) is 18.7 Å². The molecule has 2 heteroatoms. The molecule has 15 heavy (non-hydrogen) atoms. The van der Waals surface area contributed by atoms with Gasteiger partial charge >= 0.3 is 0 Å². The quantitative estimate of drug-likeness (QED) is 0.681. The molecule has 90 valence electrons. The van der Waals surface area contributed by atoms with Gasteiger partial charge in [-0.1, -0.05) is 32.6 Å². The Bertz CT molecular complexity index is 155. The summed E-state index contributed by atoms with van der Waals surface area (Å²) in [5.41, 5.74) is 0. The van der Waals surface area contributed by atoms with Gasteiger partial charge in [0.1, 0.15) is 0 Å². The molecule has 0 bridgehead atoms. The summed E-state index contributed by atoms with van der Waals surface area (Å²) in [4.78, 5) is 0. The Balaban J connectivity index is 2.17. The Morgan fingerprint density at radius 1 is 1.33 bits per heavy atom. The largest absolute Gasteiger partial charge is 0.396 e. The lowest BCUT2D eigenvalue weighted by molar-refractivity contribution is 0.251. The molecule has 0 aromatic carbocycles. The first-order valence-electron chi connectivity index (χ1n) is 6.63. The van der Waals surface area contributed by atoms with E-state index in [1.165, 1.54) is 32.1 Å². The highest BCUT2D eigenvalue weighted by molar-refractivity contribution is 4.76. The number of rotatable bonds is 7. The molecule has 0 saturated heterocycles. The zero-order valence-electron chi connectivity index (χ0n) is 10.3. The van der Waals surface area contributed by atoms with Crippen molar-refractivity contribution in [3.05, 3.63) is 0 Å². The zero-order chi connectivity index (χ0) is 11.1. The minimum Gasteiger partial charge on any atom is -0.396 e. The molecule has 1 fully saturated rings. The van der Waals surface area contributed by atoms with Crippen LogP contribution in [0.5, 0.6) is 0 Å². The third kappa shape index (κ3) is 4.98. The summed E-state index contributed by atoms with van der Waals surface area (Å²) in [6.07, 6.45) is 9.07. The summed E-state index contributed by atoms with van der Waals surface area (Å²) in [6, 6.07) is 1.12. The Morgan fingerprint density at radius 2 is 2.00 bits per heavy atom. The number of aliphatic hydroxyl groups excluding tert-OH is 1.